The minimum absolute atomic E-state index is 0. The number of carbonyl (C=O) groups is 1. The summed E-state index contributed by atoms with van der Waals surface area (Å²) >= 11 is 0. The first-order valence-electron chi connectivity index (χ1n) is 6.91. The number of nitrogens with zero attached hydrogens (tertiary/aromatic N) is 1. The van der Waals surface area contributed by atoms with Crippen LogP contribution in [0.15, 0.2) is 4.99 Å². The second kappa shape index (κ2) is 14.8. The minimum atomic E-state index is 0. The van der Waals surface area contributed by atoms with E-state index in [1.165, 1.54) is 0 Å². The van der Waals surface area contributed by atoms with Crippen LogP contribution in [0.5, 0.6) is 0 Å². The highest BCUT2D eigenvalue weighted by atomic mass is 127. The maximum absolute atomic E-state index is 11.4. The number of hydrogen-bond acceptors (Lipinski definition) is 3. The quantitative estimate of drug-likeness (QED) is 0.235. The molecular formula is C13H29IN4O2. The summed E-state index contributed by atoms with van der Waals surface area (Å²) in [6.07, 6.45) is 1.38. The van der Waals surface area contributed by atoms with Crippen LogP contribution < -0.4 is 16.0 Å². The van der Waals surface area contributed by atoms with E-state index in [0.29, 0.717) is 18.9 Å². The Hall–Kier alpha value is -0.570. The summed E-state index contributed by atoms with van der Waals surface area (Å²) in [5.41, 5.74) is 0. The molecule has 0 radical (unpaired) electrons. The molecule has 0 bridgehead atoms. The molecule has 0 heterocycles. The summed E-state index contributed by atoms with van der Waals surface area (Å²) in [5.74, 6) is 0.767. The van der Waals surface area contributed by atoms with Crippen molar-refractivity contribution in [2.24, 2.45) is 4.99 Å². The van der Waals surface area contributed by atoms with E-state index in [1.54, 1.807) is 7.05 Å². The number of carbonyl (C=O) groups excluding carboxylic acids is 1. The molecule has 0 fully saturated rings. The summed E-state index contributed by atoms with van der Waals surface area (Å²) in [7, 11) is 1.71. The second-order valence-electron chi connectivity index (χ2n) is 4.45. The number of aliphatic imine (C=N–C) groups is 1. The molecule has 0 aromatic rings. The molecule has 0 rings (SSSR count). The van der Waals surface area contributed by atoms with Crippen LogP contribution in [0, 0.1) is 0 Å². The number of halogens is 1. The summed E-state index contributed by atoms with van der Waals surface area (Å²) in [5, 5.41) is 9.12. The molecule has 0 unspecified atom stereocenters. The summed E-state index contributed by atoms with van der Waals surface area (Å²) in [4.78, 5) is 15.5. The Morgan fingerprint density at radius 3 is 2.45 bits per heavy atom. The Balaban J connectivity index is 0. The Kier molecular flexibility index (Phi) is 16.1. The first kappa shape index (κ1) is 21.7. The van der Waals surface area contributed by atoms with E-state index in [0.717, 1.165) is 26.2 Å². The maximum atomic E-state index is 11.4. The van der Waals surface area contributed by atoms with E-state index in [9.17, 15) is 4.79 Å². The second-order valence-corrected chi connectivity index (χ2v) is 4.45. The molecule has 0 aliphatic rings. The third kappa shape index (κ3) is 13.9. The molecule has 0 aliphatic heterocycles. The van der Waals surface area contributed by atoms with Gasteiger partial charge in [0.2, 0.25) is 5.91 Å². The Morgan fingerprint density at radius 2 is 1.90 bits per heavy atom. The van der Waals surface area contributed by atoms with Crippen molar-refractivity contribution in [1.29, 1.82) is 0 Å². The summed E-state index contributed by atoms with van der Waals surface area (Å²) < 4.78 is 5.25. The lowest BCUT2D eigenvalue weighted by atomic mass is 10.3. The van der Waals surface area contributed by atoms with E-state index in [2.05, 4.69) is 20.9 Å². The summed E-state index contributed by atoms with van der Waals surface area (Å²) in [6.45, 7) is 8.75. The predicted octanol–water partition coefficient (Wildman–Crippen LogP) is 1.11. The smallest absolute Gasteiger partial charge is 0.221 e. The number of ether oxygens (including phenoxy) is 1. The average molecular weight is 400 g/mol. The van der Waals surface area contributed by atoms with E-state index >= 15 is 0 Å². The van der Waals surface area contributed by atoms with E-state index in [1.807, 2.05) is 20.8 Å². The number of guanidine groups is 1. The highest BCUT2D eigenvalue weighted by Gasteiger charge is 2.03. The molecule has 3 N–H and O–H groups in total. The lowest BCUT2D eigenvalue weighted by Crippen LogP contribution is -2.40. The van der Waals surface area contributed by atoms with Gasteiger partial charge in [-0.2, -0.15) is 0 Å². The number of hydrogen-bond donors (Lipinski definition) is 3. The zero-order valence-electron chi connectivity index (χ0n) is 13.0. The van der Waals surface area contributed by atoms with Crippen molar-refractivity contribution >= 4 is 35.8 Å². The van der Waals surface area contributed by atoms with Crippen molar-refractivity contribution in [3.8, 4) is 0 Å². The van der Waals surface area contributed by atoms with Gasteiger partial charge in [-0.15, -0.1) is 24.0 Å². The minimum Gasteiger partial charge on any atom is -0.382 e. The largest absolute Gasteiger partial charge is 0.382 e. The fourth-order valence-electron chi connectivity index (χ4n) is 1.43. The van der Waals surface area contributed by atoms with Crippen LogP contribution in [0.2, 0.25) is 0 Å². The normalized spacial score (nSPS) is 10.9. The van der Waals surface area contributed by atoms with Gasteiger partial charge in [0.05, 0.1) is 0 Å². The molecule has 0 atom stereocenters. The molecular weight excluding hydrogens is 371 g/mol. The number of nitrogens with one attached hydrogen (secondary N) is 3. The van der Waals surface area contributed by atoms with Crippen molar-refractivity contribution in [2.45, 2.75) is 39.7 Å². The lowest BCUT2D eigenvalue weighted by molar-refractivity contribution is -0.121. The topological polar surface area (TPSA) is 74.8 Å². The summed E-state index contributed by atoms with van der Waals surface area (Å²) in [6, 6.07) is 0.184. The lowest BCUT2D eigenvalue weighted by Gasteiger charge is -2.12. The van der Waals surface area contributed by atoms with Gasteiger partial charge in [-0.05, 0) is 27.2 Å². The molecule has 0 saturated carbocycles. The maximum Gasteiger partial charge on any atom is 0.221 e. The van der Waals surface area contributed by atoms with Gasteiger partial charge in [0.1, 0.15) is 0 Å². The molecule has 0 aromatic carbocycles. The van der Waals surface area contributed by atoms with Crippen LogP contribution in [0.1, 0.15) is 33.6 Å². The van der Waals surface area contributed by atoms with Gasteiger partial charge in [-0.3, -0.25) is 9.79 Å². The van der Waals surface area contributed by atoms with Crippen molar-refractivity contribution in [1.82, 2.24) is 16.0 Å². The molecule has 0 aliphatic carbocycles. The van der Waals surface area contributed by atoms with Crippen LogP contribution in [0.25, 0.3) is 0 Å². The molecule has 0 saturated heterocycles. The Morgan fingerprint density at radius 1 is 1.25 bits per heavy atom. The molecule has 0 spiro atoms. The zero-order chi connectivity index (χ0) is 14.5. The van der Waals surface area contributed by atoms with E-state index < -0.39 is 0 Å². The molecule has 1 amide bonds. The van der Waals surface area contributed by atoms with Crippen molar-refractivity contribution < 1.29 is 9.53 Å². The van der Waals surface area contributed by atoms with E-state index in [-0.39, 0.29) is 35.9 Å². The third-order valence-corrected chi connectivity index (χ3v) is 2.28. The first-order chi connectivity index (χ1) is 9.10. The van der Waals surface area contributed by atoms with Gasteiger partial charge in [0.15, 0.2) is 5.96 Å². The number of amides is 1. The van der Waals surface area contributed by atoms with Gasteiger partial charge in [0.25, 0.3) is 0 Å². The van der Waals surface area contributed by atoms with Gasteiger partial charge >= 0.3 is 0 Å². The zero-order valence-corrected chi connectivity index (χ0v) is 15.3. The third-order valence-electron chi connectivity index (χ3n) is 2.28. The average Bonchev–Trinajstić information content (AvgIpc) is 2.35. The van der Waals surface area contributed by atoms with Crippen LogP contribution in [0.3, 0.4) is 0 Å². The van der Waals surface area contributed by atoms with Crippen molar-refractivity contribution in [3.63, 3.8) is 0 Å². The van der Waals surface area contributed by atoms with Crippen LogP contribution in [-0.4, -0.2) is 51.3 Å². The molecule has 6 nitrogen and oxygen atoms in total. The monoisotopic (exact) mass is 400 g/mol. The molecule has 7 heteroatoms. The van der Waals surface area contributed by atoms with Gasteiger partial charge < -0.3 is 20.7 Å². The van der Waals surface area contributed by atoms with Crippen LogP contribution >= 0.6 is 24.0 Å². The molecule has 120 valence electrons. The van der Waals surface area contributed by atoms with Gasteiger partial charge in [-0.1, -0.05) is 0 Å². The number of rotatable bonds is 9. The Bertz CT molecular complexity index is 273. The SMILES string of the molecule is CCOCCCNC(=NC)NCCC(=O)NC(C)C.I. The van der Waals surface area contributed by atoms with Crippen molar-refractivity contribution in [2.75, 3.05) is 33.4 Å². The van der Waals surface area contributed by atoms with Crippen LogP contribution in [-0.2, 0) is 9.53 Å². The predicted molar refractivity (Wildman–Crippen MR) is 93.8 cm³/mol. The first-order valence-corrected chi connectivity index (χ1v) is 6.91. The van der Waals surface area contributed by atoms with E-state index in [4.69, 9.17) is 4.74 Å². The standard InChI is InChI=1S/C13H28N4O2.HI/c1-5-19-10-6-8-15-13(14-4)16-9-7-12(18)17-11(2)3;/h11H,5-10H2,1-4H3,(H,17,18)(H2,14,15,16);1H. The fourth-order valence-corrected chi connectivity index (χ4v) is 1.43. The van der Waals surface area contributed by atoms with Crippen molar-refractivity contribution in [3.05, 3.63) is 0 Å². The highest BCUT2D eigenvalue weighted by molar-refractivity contribution is 14.0. The Labute approximate surface area is 139 Å². The molecule has 20 heavy (non-hydrogen) atoms. The van der Waals surface area contributed by atoms with Gasteiger partial charge in [0, 0.05) is 45.8 Å². The van der Waals surface area contributed by atoms with Gasteiger partial charge in [-0.25, -0.2) is 0 Å². The van der Waals surface area contributed by atoms with Crippen LogP contribution in [0.4, 0.5) is 0 Å². The highest BCUT2D eigenvalue weighted by Crippen LogP contribution is 1.83. The molecule has 0 aromatic heterocycles. The fraction of sp³-hybridized carbons (Fsp3) is 0.846.